The second-order valence-electron chi connectivity index (χ2n) is 5.63. The van der Waals surface area contributed by atoms with Gasteiger partial charge in [-0.3, -0.25) is 9.59 Å². The molecule has 3 N–H and O–H groups in total. The zero-order valence-corrected chi connectivity index (χ0v) is 13.3. The van der Waals surface area contributed by atoms with Crippen LogP contribution in [0.3, 0.4) is 0 Å². The predicted octanol–water partition coefficient (Wildman–Crippen LogP) is 2.27. The molecule has 22 heavy (non-hydrogen) atoms. The van der Waals surface area contributed by atoms with E-state index in [4.69, 9.17) is 22.1 Å². The van der Waals surface area contributed by atoms with Crippen LogP contribution in [0.1, 0.15) is 32.6 Å². The van der Waals surface area contributed by atoms with Crippen molar-refractivity contribution in [3.05, 3.63) is 29.3 Å². The van der Waals surface area contributed by atoms with Crippen LogP contribution in [0, 0.1) is 5.92 Å². The Labute approximate surface area is 135 Å². The van der Waals surface area contributed by atoms with Crippen LogP contribution < -0.4 is 15.8 Å². The van der Waals surface area contributed by atoms with Crippen molar-refractivity contribution in [2.45, 2.75) is 44.8 Å². The van der Waals surface area contributed by atoms with Gasteiger partial charge in [-0.05, 0) is 38.0 Å². The highest BCUT2D eigenvalue weighted by Gasteiger charge is 2.31. The normalized spacial score (nSPS) is 22.6. The molecular formula is C16H21ClN2O3. The number of ether oxygens (including phenoxy) is 1. The van der Waals surface area contributed by atoms with Crippen molar-refractivity contribution in [1.29, 1.82) is 0 Å². The van der Waals surface area contributed by atoms with Gasteiger partial charge in [0.1, 0.15) is 5.75 Å². The number of carbonyl (C=O) groups excluding carboxylic acids is 2. The number of primary amides is 1. The van der Waals surface area contributed by atoms with Crippen molar-refractivity contribution in [3.63, 3.8) is 0 Å². The van der Waals surface area contributed by atoms with Crippen LogP contribution in [0.15, 0.2) is 24.3 Å². The fraction of sp³-hybridized carbons (Fsp3) is 0.500. The fourth-order valence-corrected chi connectivity index (χ4v) is 2.92. The highest BCUT2D eigenvalue weighted by atomic mass is 35.5. The summed E-state index contributed by atoms with van der Waals surface area (Å²) in [4.78, 5) is 23.7. The van der Waals surface area contributed by atoms with Crippen LogP contribution in [0.4, 0.5) is 0 Å². The van der Waals surface area contributed by atoms with Crippen molar-refractivity contribution in [2.24, 2.45) is 11.7 Å². The van der Waals surface area contributed by atoms with Crippen LogP contribution in [0.5, 0.6) is 5.75 Å². The second kappa shape index (κ2) is 7.49. The topological polar surface area (TPSA) is 81.4 Å². The number of nitrogens with one attached hydrogen (secondary N) is 1. The molecule has 0 bridgehead atoms. The Balaban J connectivity index is 1.94. The number of hydrogen-bond donors (Lipinski definition) is 2. The van der Waals surface area contributed by atoms with E-state index < -0.39 is 6.10 Å². The molecule has 1 fully saturated rings. The highest BCUT2D eigenvalue weighted by molar-refractivity contribution is 6.30. The number of benzene rings is 1. The summed E-state index contributed by atoms with van der Waals surface area (Å²) < 4.78 is 5.58. The minimum Gasteiger partial charge on any atom is -0.481 e. The van der Waals surface area contributed by atoms with Gasteiger partial charge in [-0.15, -0.1) is 0 Å². The molecule has 2 rings (SSSR count). The molecular weight excluding hydrogens is 304 g/mol. The molecule has 1 aromatic carbocycles. The molecule has 0 saturated heterocycles. The van der Waals surface area contributed by atoms with E-state index in [0.717, 1.165) is 25.7 Å². The number of nitrogens with two attached hydrogens (primary N) is 1. The minimum absolute atomic E-state index is 0.204. The maximum absolute atomic E-state index is 12.2. The first kappa shape index (κ1) is 16.6. The van der Waals surface area contributed by atoms with Gasteiger partial charge in [0, 0.05) is 11.1 Å². The number of rotatable bonds is 5. The van der Waals surface area contributed by atoms with Crippen molar-refractivity contribution >= 4 is 23.4 Å². The predicted molar refractivity (Wildman–Crippen MR) is 84.6 cm³/mol. The zero-order valence-electron chi connectivity index (χ0n) is 12.5. The van der Waals surface area contributed by atoms with Crippen molar-refractivity contribution in [3.8, 4) is 5.75 Å². The van der Waals surface area contributed by atoms with Gasteiger partial charge in [0.15, 0.2) is 6.10 Å². The summed E-state index contributed by atoms with van der Waals surface area (Å²) in [6.07, 6.45) is 2.77. The summed E-state index contributed by atoms with van der Waals surface area (Å²) in [5.41, 5.74) is 5.41. The molecule has 5 nitrogen and oxygen atoms in total. The Morgan fingerprint density at radius 3 is 2.77 bits per heavy atom. The van der Waals surface area contributed by atoms with Gasteiger partial charge >= 0.3 is 0 Å². The Bertz CT molecular complexity index is 550. The second-order valence-corrected chi connectivity index (χ2v) is 6.06. The number of carbonyl (C=O) groups is 2. The summed E-state index contributed by atoms with van der Waals surface area (Å²) in [6, 6.07) is 6.68. The van der Waals surface area contributed by atoms with Gasteiger partial charge in [0.2, 0.25) is 5.91 Å². The van der Waals surface area contributed by atoms with Crippen molar-refractivity contribution in [2.75, 3.05) is 0 Å². The lowest BCUT2D eigenvalue weighted by Gasteiger charge is -2.30. The summed E-state index contributed by atoms with van der Waals surface area (Å²) in [7, 11) is 0. The molecule has 1 aliphatic carbocycles. The van der Waals surface area contributed by atoms with Gasteiger partial charge < -0.3 is 15.8 Å². The van der Waals surface area contributed by atoms with Crippen LogP contribution >= 0.6 is 11.6 Å². The molecule has 1 aliphatic rings. The third kappa shape index (κ3) is 4.37. The smallest absolute Gasteiger partial charge is 0.261 e. The molecule has 0 radical (unpaired) electrons. The third-order valence-electron chi connectivity index (χ3n) is 3.94. The monoisotopic (exact) mass is 324 g/mol. The lowest BCUT2D eigenvalue weighted by molar-refractivity contribution is -0.130. The Morgan fingerprint density at radius 2 is 2.09 bits per heavy atom. The van der Waals surface area contributed by atoms with E-state index in [0.29, 0.717) is 10.8 Å². The Hall–Kier alpha value is -1.75. The summed E-state index contributed by atoms with van der Waals surface area (Å²) in [5, 5.41) is 3.43. The maximum Gasteiger partial charge on any atom is 0.261 e. The van der Waals surface area contributed by atoms with E-state index in [9.17, 15) is 9.59 Å². The lowest BCUT2D eigenvalue weighted by Crippen LogP contribution is -2.50. The van der Waals surface area contributed by atoms with E-state index >= 15 is 0 Å². The molecule has 2 amide bonds. The Kier molecular flexibility index (Phi) is 5.66. The molecule has 120 valence electrons. The van der Waals surface area contributed by atoms with Gasteiger partial charge in [0.25, 0.3) is 5.91 Å². The van der Waals surface area contributed by atoms with Crippen LogP contribution in [0.2, 0.25) is 5.02 Å². The number of hydrogen-bond acceptors (Lipinski definition) is 3. The molecule has 0 aromatic heterocycles. The first-order valence-corrected chi connectivity index (χ1v) is 7.87. The quantitative estimate of drug-likeness (QED) is 0.871. The minimum atomic E-state index is -0.672. The van der Waals surface area contributed by atoms with Gasteiger partial charge in [-0.2, -0.15) is 0 Å². The van der Waals surface area contributed by atoms with Crippen LogP contribution in [-0.2, 0) is 9.59 Å². The maximum atomic E-state index is 12.2. The number of amides is 2. The SMILES string of the molecule is C[C@H](Oc1cccc(Cl)c1)C(=O)N[C@@H]1CCCC[C@H]1C(N)=O. The van der Waals surface area contributed by atoms with Crippen LogP contribution in [-0.4, -0.2) is 24.0 Å². The highest BCUT2D eigenvalue weighted by Crippen LogP contribution is 2.24. The molecule has 0 unspecified atom stereocenters. The van der Waals surface area contributed by atoms with E-state index in [1.54, 1.807) is 31.2 Å². The average Bonchev–Trinajstić information content (AvgIpc) is 2.47. The molecule has 1 saturated carbocycles. The van der Waals surface area contributed by atoms with E-state index in [2.05, 4.69) is 5.32 Å². The first-order chi connectivity index (χ1) is 10.5. The van der Waals surface area contributed by atoms with E-state index in [-0.39, 0.29) is 23.8 Å². The standard InChI is InChI=1S/C16H21ClN2O3/c1-10(22-12-6-4-5-11(17)9-12)16(21)19-14-8-3-2-7-13(14)15(18)20/h4-6,9-10,13-14H,2-3,7-8H2,1H3,(H2,18,20)(H,19,21)/t10-,13+,14+/m0/s1. The van der Waals surface area contributed by atoms with Gasteiger partial charge in [-0.25, -0.2) is 0 Å². The Morgan fingerprint density at radius 1 is 1.36 bits per heavy atom. The molecule has 3 atom stereocenters. The molecule has 0 heterocycles. The van der Waals surface area contributed by atoms with Gasteiger partial charge in [-0.1, -0.05) is 30.5 Å². The number of halogens is 1. The third-order valence-corrected chi connectivity index (χ3v) is 4.17. The fourth-order valence-electron chi connectivity index (χ4n) is 2.74. The molecule has 6 heteroatoms. The van der Waals surface area contributed by atoms with Crippen molar-refractivity contribution < 1.29 is 14.3 Å². The zero-order chi connectivity index (χ0) is 16.1. The van der Waals surface area contributed by atoms with E-state index in [1.807, 2.05) is 0 Å². The van der Waals surface area contributed by atoms with Gasteiger partial charge in [0.05, 0.1) is 5.92 Å². The molecule has 1 aromatic rings. The summed E-state index contributed by atoms with van der Waals surface area (Å²) in [5.74, 6) is -0.368. The largest absolute Gasteiger partial charge is 0.481 e. The van der Waals surface area contributed by atoms with E-state index in [1.165, 1.54) is 0 Å². The summed E-state index contributed by atoms with van der Waals surface area (Å²) >= 11 is 5.89. The van der Waals surface area contributed by atoms with Crippen molar-refractivity contribution in [1.82, 2.24) is 5.32 Å². The summed E-state index contributed by atoms with van der Waals surface area (Å²) in [6.45, 7) is 1.67. The lowest BCUT2D eigenvalue weighted by atomic mass is 9.84. The molecule has 0 spiro atoms. The molecule has 0 aliphatic heterocycles. The average molecular weight is 325 g/mol. The van der Waals surface area contributed by atoms with Crippen LogP contribution in [0.25, 0.3) is 0 Å². The first-order valence-electron chi connectivity index (χ1n) is 7.49.